The van der Waals surface area contributed by atoms with Crippen LogP contribution >= 0.6 is 15.9 Å². The Labute approximate surface area is 185 Å². The van der Waals surface area contributed by atoms with Crippen LogP contribution in [0.25, 0.3) is 0 Å². The van der Waals surface area contributed by atoms with E-state index in [1.807, 2.05) is 0 Å². The highest BCUT2D eigenvalue weighted by Gasteiger charge is 2.27. The molecule has 0 saturated carbocycles. The summed E-state index contributed by atoms with van der Waals surface area (Å²) in [7, 11) is -4.12. The van der Waals surface area contributed by atoms with Crippen LogP contribution in [0.5, 0.6) is 0 Å². The third kappa shape index (κ3) is 4.13. The molecular formula is C22H25BrN2O4S. The third-order valence-electron chi connectivity index (χ3n) is 5.83. The second-order valence-corrected chi connectivity index (χ2v) is 11.1. The number of anilines is 1. The minimum atomic E-state index is -4.12. The van der Waals surface area contributed by atoms with Crippen LogP contribution in [-0.2, 0) is 41.3 Å². The minimum absolute atomic E-state index is 0.0901. The van der Waals surface area contributed by atoms with E-state index in [-0.39, 0.29) is 4.90 Å². The van der Waals surface area contributed by atoms with Crippen molar-refractivity contribution in [1.29, 1.82) is 0 Å². The number of hydrogen-bond donors (Lipinski definition) is 3. The van der Waals surface area contributed by atoms with Crippen molar-refractivity contribution in [1.82, 2.24) is 4.72 Å². The first-order chi connectivity index (χ1) is 14.0. The van der Waals surface area contributed by atoms with Crippen LogP contribution in [0.2, 0.25) is 0 Å². The van der Waals surface area contributed by atoms with E-state index in [0.717, 1.165) is 55.3 Å². The number of urea groups is 1. The van der Waals surface area contributed by atoms with E-state index in [9.17, 15) is 18.3 Å². The van der Waals surface area contributed by atoms with Crippen LogP contribution in [0.15, 0.2) is 33.6 Å². The number of rotatable bonds is 4. The monoisotopic (exact) mass is 492 g/mol. The van der Waals surface area contributed by atoms with E-state index in [1.54, 1.807) is 19.9 Å². The zero-order valence-corrected chi connectivity index (χ0v) is 19.4. The number of aryl methyl sites for hydroxylation is 2. The van der Waals surface area contributed by atoms with Crippen molar-refractivity contribution in [2.45, 2.75) is 62.9 Å². The highest BCUT2D eigenvalue weighted by atomic mass is 79.9. The fraction of sp³-hybridized carbons (Fsp3) is 0.409. The molecule has 0 radical (unpaired) electrons. The van der Waals surface area contributed by atoms with E-state index < -0.39 is 21.7 Å². The van der Waals surface area contributed by atoms with Gasteiger partial charge in [-0.2, -0.15) is 0 Å². The van der Waals surface area contributed by atoms with Gasteiger partial charge in [0.15, 0.2) is 0 Å². The number of benzene rings is 2. The molecule has 0 unspecified atom stereocenters. The van der Waals surface area contributed by atoms with Crippen molar-refractivity contribution in [2.24, 2.45) is 0 Å². The average Bonchev–Trinajstić information content (AvgIpc) is 3.28. The number of sulfonamides is 1. The van der Waals surface area contributed by atoms with Crippen LogP contribution < -0.4 is 10.0 Å². The molecule has 2 aliphatic rings. The Morgan fingerprint density at radius 2 is 1.60 bits per heavy atom. The zero-order valence-electron chi connectivity index (χ0n) is 17.0. The Morgan fingerprint density at radius 3 is 2.17 bits per heavy atom. The fourth-order valence-corrected chi connectivity index (χ4v) is 5.98. The Balaban J connectivity index is 1.61. The highest BCUT2D eigenvalue weighted by molar-refractivity contribution is 9.10. The second-order valence-electron chi connectivity index (χ2n) is 8.53. The number of halogens is 1. The largest absolute Gasteiger partial charge is 0.386 e. The summed E-state index contributed by atoms with van der Waals surface area (Å²) in [4.78, 5) is 12.6. The molecule has 0 fully saturated rings. The lowest BCUT2D eigenvalue weighted by atomic mass is 9.99. The van der Waals surface area contributed by atoms with Gasteiger partial charge in [-0.25, -0.2) is 17.9 Å². The van der Waals surface area contributed by atoms with Crippen molar-refractivity contribution in [2.75, 3.05) is 5.32 Å². The number of carbonyl (C=O) groups is 1. The van der Waals surface area contributed by atoms with Gasteiger partial charge in [0.05, 0.1) is 10.5 Å². The lowest BCUT2D eigenvalue weighted by Gasteiger charge is -2.20. The zero-order chi connectivity index (χ0) is 21.7. The maximum absolute atomic E-state index is 12.9. The van der Waals surface area contributed by atoms with Gasteiger partial charge in [-0.3, -0.25) is 0 Å². The first-order valence-electron chi connectivity index (χ1n) is 10.1. The summed E-state index contributed by atoms with van der Waals surface area (Å²) < 4.78 is 28.3. The van der Waals surface area contributed by atoms with Crippen molar-refractivity contribution in [3.63, 3.8) is 0 Å². The predicted molar refractivity (Wildman–Crippen MR) is 119 cm³/mol. The van der Waals surface area contributed by atoms with Crippen molar-refractivity contribution < 1.29 is 18.3 Å². The summed E-state index contributed by atoms with van der Waals surface area (Å²) in [6, 6.07) is 5.91. The summed E-state index contributed by atoms with van der Waals surface area (Å²) in [6.45, 7) is 3.14. The predicted octanol–water partition coefficient (Wildman–Crippen LogP) is 4.16. The van der Waals surface area contributed by atoms with Crippen LogP contribution in [0.4, 0.5) is 10.5 Å². The molecule has 2 aromatic carbocycles. The van der Waals surface area contributed by atoms with E-state index in [4.69, 9.17) is 0 Å². The fourth-order valence-electron chi connectivity index (χ4n) is 4.36. The molecule has 0 atom stereocenters. The van der Waals surface area contributed by atoms with Crippen molar-refractivity contribution >= 4 is 37.7 Å². The SMILES string of the molecule is CC(C)(O)c1cc(Br)cc(S(=O)(=O)NC(=O)Nc2c3c(cc4c2CCC4)CCC3)c1. The minimum Gasteiger partial charge on any atom is -0.386 e. The molecule has 2 aromatic rings. The molecule has 0 saturated heterocycles. The molecule has 4 rings (SSSR count). The molecule has 0 aliphatic heterocycles. The lowest BCUT2D eigenvalue weighted by Crippen LogP contribution is -2.35. The van der Waals surface area contributed by atoms with Gasteiger partial charge in [-0.1, -0.05) is 22.0 Å². The number of nitrogens with one attached hydrogen (secondary N) is 2. The van der Waals surface area contributed by atoms with Crippen LogP contribution in [0.3, 0.4) is 0 Å². The van der Waals surface area contributed by atoms with E-state index in [0.29, 0.717) is 10.0 Å². The third-order valence-corrected chi connectivity index (χ3v) is 7.59. The number of carbonyl (C=O) groups excluding carboxylic acids is 1. The smallest absolute Gasteiger partial charge is 0.333 e. The van der Waals surface area contributed by atoms with Gasteiger partial charge in [0.2, 0.25) is 0 Å². The number of hydrogen-bond acceptors (Lipinski definition) is 4. The molecule has 2 amide bonds. The van der Waals surface area contributed by atoms with Crippen molar-refractivity contribution in [3.05, 3.63) is 56.6 Å². The molecule has 30 heavy (non-hydrogen) atoms. The lowest BCUT2D eigenvalue weighted by molar-refractivity contribution is 0.0783. The molecular weight excluding hydrogens is 468 g/mol. The second kappa shape index (κ2) is 7.66. The molecule has 2 aliphatic carbocycles. The van der Waals surface area contributed by atoms with Gasteiger partial charge in [0.25, 0.3) is 10.0 Å². The maximum atomic E-state index is 12.9. The van der Waals surface area contributed by atoms with E-state index in [1.165, 1.54) is 23.3 Å². The number of aliphatic hydroxyl groups is 1. The Hall–Kier alpha value is -1.90. The first-order valence-corrected chi connectivity index (χ1v) is 12.4. The van der Waals surface area contributed by atoms with Gasteiger partial charge in [0.1, 0.15) is 0 Å². The quantitative estimate of drug-likeness (QED) is 0.596. The normalized spacial score (nSPS) is 15.6. The summed E-state index contributed by atoms with van der Waals surface area (Å²) in [6.07, 6.45) is 5.87. The van der Waals surface area contributed by atoms with Crippen LogP contribution in [-0.4, -0.2) is 19.6 Å². The Morgan fingerprint density at radius 1 is 1.00 bits per heavy atom. The Kier molecular flexibility index (Phi) is 5.45. The summed E-state index contributed by atoms with van der Waals surface area (Å²) in [5, 5.41) is 13.1. The molecule has 0 bridgehead atoms. The summed E-state index contributed by atoms with van der Waals surface area (Å²) in [5.74, 6) is 0. The summed E-state index contributed by atoms with van der Waals surface area (Å²) in [5.41, 5.74) is 4.78. The van der Waals surface area contributed by atoms with Gasteiger partial charge >= 0.3 is 6.03 Å². The van der Waals surface area contributed by atoms with Gasteiger partial charge in [0, 0.05) is 10.2 Å². The molecule has 0 heterocycles. The molecule has 6 nitrogen and oxygen atoms in total. The molecule has 3 N–H and O–H groups in total. The topological polar surface area (TPSA) is 95.5 Å². The first kappa shape index (κ1) is 21.3. The van der Waals surface area contributed by atoms with Crippen LogP contribution in [0, 0.1) is 0 Å². The Bertz CT molecular complexity index is 1100. The average molecular weight is 493 g/mol. The van der Waals surface area contributed by atoms with E-state index in [2.05, 4.69) is 32.0 Å². The molecule has 0 aromatic heterocycles. The van der Waals surface area contributed by atoms with Gasteiger partial charge < -0.3 is 10.4 Å². The molecule has 8 heteroatoms. The van der Waals surface area contributed by atoms with Crippen LogP contribution in [0.1, 0.15) is 54.5 Å². The van der Waals surface area contributed by atoms with E-state index >= 15 is 0 Å². The molecule has 160 valence electrons. The highest BCUT2D eigenvalue weighted by Crippen LogP contribution is 2.38. The van der Waals surface area contributed by atoms with Crippen molar-refractivity contribution in [3.8, 4) is 0 Å². The maximum Gasteiger partial charge on any atom is 0.333 e. The number of fused-ring (bicyclic) bond motifs is 2. The standard InChI is InChI=1S/C22H25BrN2O4S/c1-22(2,27)15-10-16(23)12-17(11-15)30(28,29)25-21(26)24-20-18-7-3-5-13(18)9-14-6-4-8-19(14)20/h9-12,27H,3-8H2,1-2H3,(H2,24,25,26). The van der Waals surface area contributed by atoms with Gasteiger partial charge in [-0.15, -0.1) is 0 Å². The van der Waals surface area contributed by atoms with Gasteiger partial charge in [-0.05, 0) is 98.4 Å². The summed E-state index contributed by atoms with van der Waals surface area (Å²) >= 11 is 3.28. The molecule has 0 spiro atoms. The number of amides is 2.